The lowest BCUT2D eigenvalue weighted by atomic mass is 10.1. The molecular formula is C20H19FN6O2. The lowest BCUT2D eigenvalue weighted by Gasteiger charge is -2.24. The topological polar surface area (TPSA) is 97.9 Å². The first-order chi connectivity index (χ1) is 14.0. The Morgan fingerprint density at radius 1 is 1.28 bits per heavy atom. The Balaban J connectivity index is 1.63. The van der Waals surface area contributed by atoms with E-state index in [1.807, 2.05) is 0 Å². The normalized spacial score (nSPS) is 15.4. The maximum Gasteiger partial charge on any atom is 0.263 e. The molecule has 0 spiro atoms. The number of hydrogen-bond donors (Lipinski definition) is 2. The zero-order valence-electron chi connectivity index (χ0n) is 15.8. The molecule has 3 aromatic heterocycles. The van der Waals surface area contributed by atoms with Crippen LogP contribution in [0.25, 0.3) is 33.2 Å². The van der Waals surface area contributed by atoms with Crippen LogP contribution in [-0.4, -0.2) is 42.5 Å². The second-order valence-electron chi connectivity index (χ2n) is 7.33. The maximum atomic E-state index is 14.6. The van der Waals surface area contributed by atoms with Crippen LogP contribution in [0, 0.1) is 5.82 Å². The number of piperidine rings is 1. The number of nitrogens with zero attached hydrogens (tertiary/aromatic N) is 5. The fourth-order valence-corrected chi connectivity index (χ4v) is 3.95. The van der Waals surface area contributed by atoms with E-state index in [0.29, 0.717) is 16.5 Å². The Labute approximate surface area is 164 Å². The van der Waals surface area contributed by atoms with Gasteiger partial charge < -0.3 is 10.4 Å². The van der Waals surface area contributed by atoms with Gasteiger partial charge in [-0.3, -0.25) is 14.0 Å². The van der Waals surface area contributed by atoms with E-state index in [-0.39, 0.29) is 28.3 Å². The average molecular weight is 394 g/mol. The van der Waals surface area contributed by atoms with Crippen LogP contribution in [0.1, 0.15) is 18.9 Å². The van der Waals surface area contributed by atoms with Crippen molar-refractivity contribution in [1.82, 2.24) is 29.6 Å². The van der Waals surface area contributed by atoms with Gasteiger partial charge in [0.2, 0.25) is 0 Å². The molecule has 1 aromatic carbocycles. The molecule has 0 bridgehead atoms. The predicted molar refractivity (Wildman–Crippen MR) is 106 cm³/mol. The number of phenolic OH excluding ortho intramolecular Hbond substituents is 1. The summed E-state index contributed by atoms with van der Waals surface area (Å²) in [5, 5.41) is 18.6. The van der Waals surface area contributed by atoms with Crippen LogP contribution in [0.4, 0.5) is 4.39 Å². The first kappa shape index (κ1) is 17.7. The van der Waals surface area contributed by atoms with Crippen LogP contribution in [0.3, 0.4) is 0 Å². The summed E-state index contributed by atoms with van der Waals surface area (Å²) in [5.41, 5.74) is 0.792. The fraction of sp³-hybridized carbons (Fsp3) is 0.300. The second-order valence-corrected chi connectivity index (χ2v) is 7.33. The summed E-state index contributed by atoms with van der Waals surface area (Å²) >= 11 is 0. The molecule has 4 aromatic rings. The molecule has 0 radical (unpaired) electrons. The molecule has 1 fully saturated rings. The highest BCUT2D eigenvalue weighted by molar-refractivity contribution is 5.89. The van der Waals surface area contributed by atoms with E-state index < -0.39 is 11.6 Å². The Morgan fingerprint density at radius 3 is 2.86 bits per heavy atom. The molecule has 0 aliphatic carbocycles. The molecule has 29 heavy (non-hydrogen) atoms. The van der Waals surface area contributed by atoms with Crippen molar-refractivity contribution in [2.45, 2.75) is 18.9 Å². The number of aromatic nitrogens is 5. The van der Waals surface area contributed by atoms with Crippen molar-refractivity contribution < 1.29 is 9.50 Å². The molecule has 0 atom stereocenters. The zero-order valence-corrected chi connectivity index (χ0v) is 15.8. The third-order valence-corrected chi connectivity index (χ3v) is 5.45. The van der Waals surface area contributed by atoms with E-state index in [9.17, 15) is 14.3 Å². The van der Waals surface area contributed by atoms with Gasteiger partial charge in [0.15, 0.2) is 17.2 Å². The number of aryl methyl sites for hydroxylation is 1. The first-order valence-corrected chi connectivity index (χ1v) is 9.47. The van der Waals surface area contributed by atoms with Crippen molar-refractivity contribution in [3.8, 4) is 17.0 Å². The lowest BCUT2D eigenvalue weighted by molar-refractivity contribution is 0.359. The van der Waals surface area contributed by atoms with Crippen molar-refractivity contribution in [3.05, 3.63) is 46.9 Å². The van der Waals surface area contributed by atoms with Crippen LogP contribution >= 0.6 is 0 Å². The molecule has 5 rings (SSSR count). The Morgan fingerprint density at radius 2 is 2.07 bits per heavy atom. The molecule has 8 nitrogen and oxygen atoms in total. The number of hydrogen-bond acceptors (Lipinski definition) is 6. The fourth-order valence-electron chi connectivity index (χ4n) is 3.95. The standard InChI is InChI=1S/C20H19FN6O2/c1-26-9-11-8-14(18(28)16(21)17(11)25-26)15-3-2-13-19(24-15)23-10-27(20(13)29)12-4-6-22-7-5-12/h2-3,8-10,12,22,28H,4-7H2,1H3. The van der Waals surface area contributed by atoms with Crippen LogP contribution in [0.2, 0.25) is 0 Å². The first-order valence-electron chi connectivity index (χ1n) is 9.47. The van der Waals surface area contributed by atoms with E-state index >= 15 is 0 Å². The largest absolute Gasteiger partial charge is 0.504 e. The summed E-state index contributed by atoms with van der Waals surface area (Å²) in [6.45, 7) is 1.74. The number of aromatic hydroxyl groups is 1. The van der Waals surface area contributed by atoms with Gasteiger partial charge in [-0.1, -0.05) is 0 Å². The van der Waals surface area contributed by atoms with Gasteiger partial charge in [-0.25, -0.2) is 14.4 Å². The molecule has 0 unspecified atom stereocenters. The van der Waals surface area contributed by atoms with Crippen molar-refractivity contribution in [1.29, 1.82) is 0 Å². The lowest BCUT2D eigenvalue weighted by Crippen LogP contribution is -2.34. The summed E-state index contributed by atoms with van der Waals surface area (Å²) in [6, 6.07) is 4.99. The molecule has 0 saturated carbocycles. The summed E-state index contributed by atoms with van der Waals surface area (Å²) in [5.74, 6) is -1.32. The summed E-state index contributed by atoms with van der Waals surface area (Å²) < 4.78 is 17.7. The van der Waals surface area contributed by atoms with Crippen molar-refractivity contribution in [2.24, 2.45) is 7.05 Å². The van der Waals surface area contributed by atoms with E-state index in [1.165, 1.54) is 11.0 Å². The quantitative estimate of drug-likeness (QED) is 0.540. The van der Waals surface area contributed by atoms with Crippen molar-refractivity contribution >= 4 is 21.9 Å². The average Bonchev–Trinajstić information content (AvgIpc) is 3.12. The number of benzene rings is 1. The van der Waals surface area contributed by atoms with Gasteiger partial charge in [0.25, 0.3) is 5.56 Å². The van der Waals surface area contributed by atoms with Gasteiger partial charge in [0.1, 0.15) is 11.8 Å². The number of phenols is 1. The number of halogens is 1. The molecule has 9 heteroatoms. The minimum Gasteiger partial charge on any atom is -0.504 e. The number of fused-ring (bicyclic) bond motifs is 2. The highest BCUT2D eigenvalue weighted by Crippen LogP contribution is 2.35. The molecule has 1 saturated heterocycles. The third-order valence-electron chi connectivity index (χ3n) is 5.45. The van der Waals surface area contributed by atoms with Gasteiger partial charge in [-0.2, -0.15) is 5.10 Å². The van der Waals surface area contributed by atoms with Crippen LogP contribution in [0.5, 0.6) is 5.75 Å². The molecule has 148 valence electrons. The molecule has 2 N–H and O–H groups in total. The highest BCUT2D eigenvalue weighted by atomic mass is 19.1. The van der Waals surface area contributed by atoms with Gasteiger partial charge in [-0.05, 0) is 44.1 Å². The van der Waals surface area contributed by atoms with Gasteiger partial charge in [0, 0.05) is 30.2 Å². The van der Waals surface area contributed by atoms with Gasteiger partial charge in [-0.15, -0.1) is 0 Å². The minimum absolute atomic E-state index is 0.0949. The van der Waals surface area contributed by atoms with E-state index in [2.05, 4.69) is 20.4 Å². The minimum atomic E-state index is -0.797. The molecule has 1 aliphatic heterocycles. The molecule has 1 aliphatic rings. The second kappa shape index (κ2) is 6.63. The molecule has 0 amide bonds. The zero-order chi connectivity index (χ0) is 20.1. The highest BCUT2D eigenvalue weighted by Gasteiger charge is 2.20. The maximum absolute atomic E-state index is 14.6. The Bertz CT molecular complexity index is 1310. The van der Waals surface area contributed by atoms with Crippen LogP contribution in [-0.2, 0) is 7.05 Å². The van der Waals surface area contributed by atoms with E-state index in [1.54, 1.807) is 36.0 Å². The number of nitrogens with one attached hydrogen (secondary N) is 1. The number of rotatable bonds is 2. The van der Waals surface area contributed by atoms with E-state index in [4.69, 9.17) is 0 Å². The van der Waals surface area contributed by atoms with Crippen LogP contribution < -0.4 is 10.9 Å². The Kier molecular flexibility index (Phi) is 4.06. The van der Waals surface area contributed by atoms with Gasteiger partial charge in [0.05, 0.1) is 11.1 Å². The monoisotopic (exact) mass is 394 g/mol. The molecular weight excluding hydrogens is 375 g/mol. The SMILES string of the molecule is Cn1cc2cc(-c3ccc4c(=O)n(C5CCNCC5)cnc4n3)c(O)c(F)c2n1. The van der Waals surface area contributed by atoms with Gasteiger partial charge >= 0.3 is 0 Å². The summed E-state index contributed by atoms with van der Waals surface area (Å²) in [7, 11) is 1.68. The molecule has 4 heterocycles. The number of pyridine rings is 1. The predicted octanol–water partition coefficient (Wildman–Crippen LogP) is 2.11. The van der Waals surface area contributed by atoms with Crippen molar-refractivity contribution in [3.63, 3.8) is 0 Å². The Hall–Kier alpha value is -3.33. The van der Waals surface area contributed by atoms with Crippen molar-refractivity contribution in [2.75, 3.05) is 13.1 Å². The van der Waals surface area contributed by atoms with Crippen LogP contribution in [0.15, 0.2) is 35.5 Å². The summed E-state index contributed by atoms with van der Waals surface area (Å²) in [6.07, 6.45) is 4.94. The third kappa shape index (κ3) is 2.85. The summed E-state index contributed by atoms with van der Waals surface area (Å²) in [4.78, 5) is 21.7. The smallest absolute Gasteiger partial charge is 0.263 e. The van der Waals surface area contributed by atoms with E-state index in [0.717, 1.165) is 25.9 Å².